The highest BCUT2D eigenvalue weighted by Gasteiger charge is 2.58. The van der Waals surface area contributed by atoms with E-state index in [1.165, 1.54) is 6.07 Å². The van der Waals surface area contributed by atoms with Crippen LogP contribution < -0.4 is 0 Å². The topological polar surface area (TPSA) is 102 Å². The van der Waals surface area contributed by atoms with Crippen molar-refractivity contribution in [3.05, 3.63) is 46.1 Å². The van der Waals surface area contributed by atoms with E-state index < -0.39 is 28.1 Å². The van der Waals surface area contributed by atoms with Gasteiger partial charge in [-0.15, -0.1) is 10.2 Å². The van der Waals surface area contributed by atoms with Gasteiger partial charge in [-0.05, 0) is 19.1 Å². The summed E-state index contributed by atoms with van der Waals surface area (Å²) in [6.07, 6.45) is 0.303. The minimum atomic E-state index is -0.754. The predicted octanol–water partition coefficient (Wildman–Crippen LogP) is 1.64. The number of benzene rings is 1. The molecule has 9 heteroatoms. The smallest absolute Gasteiger partial charge is 0.250 e. The molecule has 1 aromatic carbocycles. The Morgan fingerprint density at radius 1 is 1.40 bits per heavy atom. The first kappa shape index (κ1) is 15.7. The van der Waals surface area contributed by atoms with E-state index in [1.807, 2.05) is 6.92 Å². The summed E-state index contributed by atoms with van der Waals surface area (Å²) in [4.78, 5) is 24.1. The van der Waals surface area contributed by atoms with Crippen molar-refractivity contribution < 1.29 is 18.5 Å². The number of hydrogen-bond acceptors (Lipinski definition) is 6. The minimum absolute atomic E-state index is 0.0923. The predicted molar refractivity (Wildman–Crippen MR) is 82.5 cm³/mol. The normalized spacial score (nSPS) is 23.8. The molecule has 2 atom stereocenters. The summed E-state index contributed by atoms with van der Waals surface area (Å²) in [5.74, 6) is -0.747. The number of likely N-dealkylation sites (tertiary alicyclic amines) is 1. The molecule has 25 heavy (non-hydrogen) atoms. The zero-order valence-corrected chi connectivity index (χ0v) is 13.4. The maximum Gasteiger partial charge on any atom is 0.250 e. The van der Waals surface area contributed by atoms with Gasteiger partial charge in [-0.2, -0.15) is 0 Å². The first-order valence-electron chi connectivity index (χ1n) is 7.90. The zero-order valence-electron chi connectivity index (χ0n) is 13.4. The van der Waals surface area contributed by atoms with Crippen molar-refractivity contribution >= 4 is 5.91 Å². The van der Waals surface area contributed by atoms with Crippen molar-refractivity contribution in [1.82, 2.24) is 15.1 Å². The first-order chi connectivity index (χ1) is 11.9. The molecule has 2 aliphatic rings. The van der Waals surface area contributed by atoms with Gasteiger partial charge in [0, 0.05) is 24.4 Å². The molecular weight excluding hydrogens is 331 g/mol. The second-order valence-electron chi connectivity index (χ2n) is 6.84. The number of aromatic nitrogens is 2. The molecule has 0 N–H and O–H groups in total. The van der Waals surface area contributed by atoms with Gasteiger partial charge in [-0.1, -0.05) is 12.1 Å². The van der Waals surface area contributed by atoms with Gasteiger partial charge in [0.05, 0.1) is 11.0 Å². The second-order valence-corrected chi connectivity index (χ2v) is 6.84. The molecule has 0 bridgehead atoms. The fourth-order valence-corrected chi connectivity index (χ4v) is 3.21. The summed E-state index contributed by atoms with van der Waals surface area (Å²) in [5, 5.41) is 18.6. The molecular formula is C16H15FN4O4. The lowest BCUT2D eigenvalue weighted by Gasteiger charge is -2.45. The molecule has 2 fully saturated rings. The number of carbonyl (C=O) groups is 1. The third-order valence-electron chi connectivity index (χ3n) is 4.78. The number of carbonyl (C=O) groups excluding carboxylic acids is 1. The number of nitro groups is 1. The lowest BCUT2D eigenvalue weighted by Crippen LogP contribution is -2.60. The summed E-state index contributed by atoms with van der Waals surface area (Å²) >= 11 is 0. The van der Waals surface area contributed by atoms with E-state index in [0.29, 0.717) is 25.4 Å². The number of halogens is 1. The minimum Gasteiger partial charge on any atom is -0.420 e. The largest absolute Gasteiger partial charge is 0.420 e. The van der Waals surface area contributed by atoms with Gasteiger partial charge >= 0.3 is 0 Å². The number of amides is 1. The van der Waals surface area contributed by atoms with Crippen LogP contribution in [-0.2, 0) is 10.2 Å². The van der Waals surface area contributed by atoms with Crippen LogP contribution in [0.4, 0.5) is 4.39 Å². The Kier molecular flexibility index (Phi) is 3.34. The van der Waals surface area contributed by atoms with Gasteiger partial charge in [0.15, 0.2) is 0 Å². The van der Waals surface area contributed by atoms with E-state index in [-0.39, 0.29) is 17.4 Å². The third kappa shape index (κ3) is 2.55. The molecule has 1 amide bonds. The van der Waals surface area contributed by atoms with Crippen molar-refractivity contribution in [3.8, 4) is 11.5 Å². The van der Waals surface area contributed by atoms with E-state index >= 15 is 0 Å². The quantitative estimate of drug-likeness (QED) is 0.616. The van der Waals surface area contributed by atoms with Gasteiger partial charge in [0.1, 0.15) is 11.7 Å². The average molecular weight is 346 g/mol. The number of hydrogen-bond donors (Lipinski definition) is 0. The molecule has 8 nitrogen and oxygen atoms in total. The van der Waals surface area contributed by atoms with Crippen LogP contribution in [0.5, 0.6) is 0 Å². The molecule has 1 saturated carbocycles. The van der Waals surface area contributed by atoms with Crippen LogP contribution in [0.15, 0.2) is 28.7 Å². The summed E-state index contributed by atoms with van der Waals surface area (Å²) in [6, 6.07) is 5.36. The van der Waals surface area contributed by atoms with Crippen LogP contribution in [0.3, 0.4) is 0 Å². The van der Waals surface area contributed by atoms with Crippen LogP contribution in [-0.4, -0.2) is 45.1 Å². The van der Waals surface area contributed by atoms with Crippen molar-refractivity contribution in [2.24, 2.45) is 5.92 Å². The zero-order chi connectivity index (χ0) is 17.8. The lowest BCUT2D eigenvalue weighted by molar-refractivity contribution is -0.497. The molecule has 4 rings (SSSR count). The van der Waals surface area contributed by atoms with Crippen LogP contribution in [0.1, 0.15) is 19.2 Å². The van der Waals surface area contributed by atoms with E-state index in [1.54, 1.807) is 23.1 Å². The van der Waals surface area contributed by atoms with E-state index in [9.17, 15) is 19.3 Å². The van der Waals surface area contributed by atoms with Gasteiger partial charge in [-0.3, -0.25) is 14.9 Å². The Bertz CT molecular complexity index is 861. The maximum atomic E-state index is 13.8. The highest BCUT2D eigenvalue weighted by Crippen LogP contribution is 2.40. The van der Waals surface area contributed by atoms with Gasteiger partial charge < -0.3 is 9.32 Å². The van der Waals surface area contributed by atoms with Crippen molar-refractivity contribution in [1.29, 1.82) is 0 Å². The van der Waals surface area contributed by atoms with E-state index in [2.05, 4.69) is 10.2 Å². The molecule has 1 saturated heterocycles. The second kappa shape index (κ2) is 5.33. The van der Waals surface area contributed by atoms with Crippen LogP contribution >= 0.6 is 0 Å². The Hall–Kier alpha value is -2.84. The lowest BCUT2D eigenvalue weighted by atomic mass is 9.81. The molecule has 1 aromatic heterocycles. The molecule has 2 heterocycles. The Balaban J connectivity index is 1.45. The Labute approximate surface area is 141 Å². The highest BCUT2D eigenvalue weighted by molar-refractivity contribution is 5.83. The average Bonchev–Trinajstić information content (AvgIpc) is 3.22. The van der Waals surface area contributed by atoms with Crippen LogP contribution in [0.2, 0.25) is 0 Å². The SMILES string of the molecule is CC1(c2nnc(-c3ccccc3F)o2)CN(C(=O)[C@@H]2C[C@H]2[N+](=O)[O-])C1. The van der Waals surface area contributed by atoms with Gasteiger partial charge in [0.2, 0.25) is 17.8 Å². The van der Waals surface area contributed by atoms with Gasteiger partial charge in [-0.25, -0.2) is 4.39 Å². The fraction of sp³-hybridized carbons (Fsp3) is 0.438. The summed E-state index contributed by atoms with van der Waals surface area (Å²) in [6.45, 7) is 2.57. The maximum absolute atomic E-state index is 13.8. The monoisotopic (exact) mass is 346 g/mol. The summed E-state index contributed by atoms with van der Waals surface area (Å²) in [5.41, 5.74) is -0.297. The molecule has 130 valence electrons. The van der Waals surface area contributed by atoms with Gasteiger partial charge in [0.25, 0.3) is 5.89 Å². The Morgan fingerprint density at radius 2 is 2.12 bits per heavy atom. The molecule has 0 spiro atoms. The summed E-state index contributed by atoms with van der Waals surface area (Å²) < 4.78 is 19.4. The van der Waals surface area contributed by atoms with Crippen molar-refractivity contribution in [3.63, 3.8) is 0 Å². The molecule has 1 aliphatic heterocycles. The molecule has 0 unspecified atom stereocenters. The fourth-order valence-electron chi connectivity index (χ4n) is 3.21. The molecule has 1 aliphatic carbocycles. The van der Waals surface area contributed by atoms with Crippen LogP contribution in [0.25, 0.3) is 11.5 Å². The van der Waals surface area contributed by atoms with Crippen molar-refractivity contribution in [2.75, 3.05) is 13.1 Å². The standard InChI is InChI=1S/C16H15FN4O4/c1-16(7-20(8-16)14(22)10-6-12(10)21(23)24)15-19-18-13(25-15)9-4-2-3-5-11(9)17/h2-5,10,12H,6-8H2,1H3/t10-,12-/m1/s1. The molecule has 0 radical (unpaired) electrons. The Morgan fingerprint density at radius 3 is 2.76 bits per heavy atom. The number of rotatable bonds is 4. The third-order valence-corrected chi connectivity index (χ3v) is 4.78. The van der Waals surface area contributed by atoms with Crippen molar-refractivity contribution in [2.45, 2.75) is 24.8 Å². The van der Waals surface area contributed by atoms with Crippen LogP contribution in [0, 0.1) is 21.8 Å². The molecule has 2 aromatic rings. The highest BCUT2D eigenvalue weighted by atomic mass is 19.1. The van der Waals surface area contributed by atoms with E-state index in [0.717, 1.165) is 0 Å². The first-order valence-corrected chi connectivity index (χ1v) is 7.90. The van der Waals surface area contributed by atoms with E-state index in [4.69, 9.17) is 4.42 Å². The summed E-state index contributed by atoms with van der Waals surface area (Å²) in [7, 11) is 0. The number of nitrogens with zero attached hydrogens (tertiary/aromatic N) is 4.